The van der Waals surface area contributed by atoms with E-state index in [1.807, 2.05) is 49.4 Å². The van der Waals surface area contributed by atoms with E-state index in [0.29, 0.717) is 34.1 Å². The highest BCUT2D eigenvalue weighted by molar-refractivity contribution is 9.10. The molecule has 0 unspecified atom stereocenters. The van der Waals surface area contributed by atoms with Crippen molar-refractivity contribution in [3.05, 3.63) is 81.3 Å². The van der Waals surface area contributed by atoms with E-state index in [1.54, 1.807) is 31.2 Å². The van der Waals surface area contributed by atoms with E-state index < -0.39 is 12.0 Å². The Hall–Kier alpha value is -3.52. The third kappa shape index (κ3) is 4.58. The van der Waals surface area contributed by atoms with E-state index in [-0.39, 0.29) is 11.8 Å². The first kappa shape index (κ1) is 24.6. The van der Waals surface area contributed by atoms with Crippen LogP contribution in [0.2, 0.25) is 0 Å². The second kappa shape index (κ2) is 10.00. The number of rotatable bonds is 6. The molecule has 0 aromatic heterocycles. The van der Waals surface area contributed by atoms with Crippen LogP contribution in [0.15, 0.2) is 59.1 Å². The summed E-state index contributed by atoms with van der Waals surface area (Å²) in [5, 5.41) is 3.08. The van der Waals surface area contributed by atoms with Crippen molar-refractivity contribution in [1.82, 2.24) is 4.90 Å². The van der Waals surface area contributed by atoms with Crippen LogP contribution in [0.1, 0.15) is 39.0 Å². The van der Waals surface area contributed by atoms with Gasteiger partial charge in [0.25, 0.3) is 5.91 Å². The predicted molar refractivity (Wildman–Crippen MR) is 138 cm³/mol. The topological polar surface area (TPSA) is 77.1 Å². The second-order valence-electron chi connectivity index (χ2n) is 8.35. The van der Waals surface area contributed by atoms with Gasteiger partial charge in [-0.1, -0.05) is 28.1 Å². The summed E-state index contributed by atoms with van der Waals surface area (Å²) >= 11 is 3.46. The molecular weight excluding hydrogens is 512 g/mol. The van der Waals surface area contributed by atoms with Crippen LogP contribution in [0.3, 0.4) is 0 Å². The summed E-state index contributed by atoms with van der Waals surface area (Å²) in [6.45, 7) is 1.93. The lowest BCUT2D eigenvalue weighted by molar-refractivity contribution is -0.119. The number of aryl methyl sites for hydroxylation is 1. The minimum atomic E-state index is -0.705. The normalized spacial score (nSPS) is 17.0. The van der Waals surface area contributed by atoms with E-state index in [2.05, 4.69) is 21.2 Å². The van der Waals surface area contributed by atoms with Gasteiger partial charge in [-0.3, -0.25) is 9.59 Å². The Morgan fingerprint density at radius 2 is 1.60 bits per heavy atom. The predicted octanol–water partition coefficient (Wildman–Crippen LogP) is 5.33. The molecule has 0 spiro atoms. The molecule has 1 N–H and O–H groups in total. The standard InChI is InChI=1S/C27H27BrN2O5/c1-15-12-17(28)8-11-21(15)29-26(31)24-19-13-22(34-4)23(35-5)14-20(19)27(32)30(2)25(24)16-6-9-18(33-3)10-7-16/h6-14,24-25H,1-5H3,(H,29,31)/t24-,25+/m0/s1. The Bertz CT molecular complexity index is 1280. The van der Waals surface area contributed by atoms with Crippen LogP contribution in [-0.4, -0.2) is 45.1 Å². The number of hydrogen-bond donors (Lipinski definition) is 1. The maximum Gasteiger partial charge on any atom is 0.254 e. The molecule has 35 heavy (non-hydrogen) atoms. The molecule has 0 fully saturated rings. The zero-order valence-electron chi connectivity index (χ0n) is 20.2. The number of ether oxygens (including phenoxy) is 3. The number of anilines is 1. The number of likely N-dealkylation sites (N-methyl/N-ethyl adjacent to an activating group) is 1. The van der Waals surface area contributed by atoms with Crippen LogP contribution >= 0.6 is 15.9 Å². The Morgan fingerprint density at radius 3 is 2.20 bits per heavy atom. The smallest absolute Gasteiger partial charge is 0.254 e. The first-order valence-electron chi connectivity index (χ1n) is 11.0. The van der Waals surface area contributed by atoms with Gasteiger partial charge in [0, 0.05) is 22.8 Å². The Labute approximate surface area is 213 Å². The average molecular weight is 539 g/mol. The molecule has 1 aliphatic rings. The molecule has 7 nitrogen and oxygen atoms in total. The number of nitrogens with one attached hydrogen (secondary N) is 1. The van der Waals surface area contributed by atoms with E-state index in [9.17, 15) is 9.59 Å². The quantitative estimate of drug-likeness (QED) is 0.458. The number of methoxy groups -OCH3 is 3. The zero-order valence-corrected chi connectivity index (χ0v) is 21.8. The van der Waals surface area contributed by atoms with E-state index in [1.165, 1.54) is 14.2 Å². The lowest BCUT2D eigenvalue weighted by atomic mass is 9.79. The monoisotopic (exact) mass is 538 g/mol. The van der Waals surface area contributed by atoms with Crippen molar-refractivity contribution >= 4 is 33.4 Å². The van der Waals surface area contributed by atoms with Gasteiger partial charge in [0.05, 0.1) is 33.3 Å². The number of halogens is 1. The molecule has 182 valence electrons. The summed E-state index contributed by atoms with van der Waals surface area (Å²) in [5.74, 6) is 0.434. The lowest BCUT2D eigenvalue weighted by Crippen LogP contribution is -2.44. The van der Waals surface area contributed by atoms with E-state index in [4.69, 9.17) is 14.2 Å². The third-order valence-electron chi connectivity index (χ3n) is 6.36. The highest BCUT2D eigenvalue weighted by Gasteiger charge is 2.43. The number of amides is 2. The molecular formula is C27H27BrN2O5. The molecule has 3 aromatic carbocycles. The molecule has 0 bridgehead atoms. The van der Waals surface area contributed by atoms with Gasteiger partial charge in [-0.2, -0.15) is 0 Å². The lowest BCUT2D eigenvalue weighted by Gasteiger charge is -2.40. The minimum absolute atomic E-state index is 0.203. The van der Waals surface area contributed by atoms with Crippen molar-refractivity contribution in [2.75, 3.05) is 33.7 Å². The number of carbonyl (C=O) groups excluding carboxylic acids is 2. The maximum absolute atomic E-state index is 13.9. The molecule has 1 heterocycles. The Kier molecular flexibility index (Phi) is 7.03. The summed E-state index contributed by atoms with van der Waals surface area (Å²) in [6, 6.07) is 15.9. The van der Waals surface area contributed by atoms with Gasteiger partial charge in [-0.15, -0.1) is 0 Å². The first-order valence-corrected chi connectivity index (χ1v) is 11.8. The second-order valence-corrected chi connectivity index (χ2v) is 9.27. The van der Waals surface area contributed by atoms with Crippen LogP contribution in [0.25, 0.3) is 0 Å². The molecule has 0 aliphatic carbocycles. The summed E-state index contributed by atoms with van der Waals surface area (Å²) in [6.07, 6.45) is 0. The number of fused-ring (bicyclic) bond motifs is 1. The first-order chi connectivity index (χ1) is 16.8. The van der Waals surface area contributed by atoms with Gasteiger partial charge in [-0.05, 0) is 66.1 Å². The molecule has 1 aliphatic heterocycles. The van der Waals surface area contributed by atoms with Crippen molar-refractivity contribution in [1.29, 1.82) is 0 Å². The summed E-state index contributed by atoms with van der Waals surface area (Å²) in [4.78, 5) is 29.0. The van der Waals surface area contributed by atoms with Crippen molar-refractivity contribution < 1.29 is 23.8 Å². The highest BCUT2D eigenvalue weighted by Crippen LogP contribution is 2.46. The average Bonchev–Trinajstić information content (AvgIpc) is 2.86. The fraction of sp³-hybridized carbons (Fsp3) is 0.259. The Balaban J connectivity index is 1.87. The molecule has 3 aromatic rings. The van der Waals surface area contributed by atoms with E-state index >= 15 is 0 Å². The fourth-order valence-corrected chi connectivity index (χ4v) is 5.00. The van der Waals surface area contributed by atoms with Crippen LogP contribution in [0, 0.1) is 6.92 Å². The van der Waals surface area contributed by atoms with Crippen LogP contribution < -0.4 is 19.5 Å². The number of carbonyl (C=O) groups is 2. The third-order valence-corrected chi connectivity index (χ3v) is 6.85. The summed E-state index contributed by atoms with van der Waals surface area (Å²) < 4.78 is 17.2. The minimum Gasteiger partial charge on any atom is -0.497 e. The van der Waals surface area contributed by atoms with Crippen molar-refractivity contribution in [3.63, 3.8) is 0 Å². The summed E-state index contributed by atoms with van der Waals surface area (Å²) in [5.41, 5.74) is 3.42. The molecule has 0 radical (unpaired) electrons. The van der Waals surface area contributed by atoms with Gasteiger partial charge in [0.2, 0.25) is 5.91 Å². The van der Waals surface area contributed by atoms with Crippen molar-refractivity contribution in [2.45, 2.75) is 18.9 Å². The number of benzene rings is 3. The molecule has 2 atom stereocenters. The maximum atomic E-state index is 13.9. The number of nitrogens with zero attached hydrogens (tertiary/aromatic N) is 1. The molecule has 8 heteroatoms. The van der Waals surface area contributed by atoms with Crippen molar-refractivity contribution in [2.24, 2.45) is 0 Å². The van der Waals surface area contributed by atoms with Crippen molar-refractivity contribution in [3.8, 4) is 17.2 Å². The Morgan fingerprint density at radius 1 is 0.943 bits per heavy atom. The van der Waals surface area contributed by atoms with Gasteiger partial charge >= 0.3 is 0 Å². The van der Waals surface area contributed by atoms with Crippen LogP contribution in [0.4, 0.5) is 5.69 Å². The van der Waals surface area contributed by atoms with Gasteiger partial charge in [0.1, 0.15) is 5.75 Å². The SMILES string of the molecule is COc1ccc([C@@H]2[C@@H](C(=O)Nc3ccc(Br)cc3C)c3cc(OC)c(OC)cc3C(=O)N2C)cc1. The largest absolute Gasteiger partial charge is 0.497 e. The highest BCUT2D eigenvalue weighted by atomic mass is 79.9. The molecule has 2 amide bonds. The summed E-state index contributed by atoms with van der Waals surface area (Å²) in [7, 11) is 6.35. The van der Waals surface area contributed by atoms with Crippen LogP contribution in [-0.2, 0) is 4.79 Å². The molecule has 0 saturated heterocycles. The number of hydrogen-bond acceptors (Lipinski definition) is 5. The molecule has 4 rings (SSSR count). The molecule has 0 saturated carbocycles. The van der Waals surface area contributed by atoms with E-state index in [0.717, 1.165) is 15.6 Å². The van der Waals surface area contributed by atoms with Gasteiger partial charge < -0.3 is 24.4 Å². The fourth-order valence-electron chi connectivity index (χ4n) is 4.53. The zero-order chi connectivity index (χ0) is 25.3. The van der Waals surface area contributed by atoms with Crippen LogP contribution in [0.5, 0.6) is 17.2 Å². The van der Waals surface area contributed by atoms with Gasteiger partial charge in [-0.25, -0.2) is 0 Å². The van der Waals surface area contributed by atoms with Gasteiger partial charge in [0.15, 0.2) is 11.5 Å².